The molecule has 24 heavy (non-hydrogen) atoms. The molecule has 126 valence electrons. The first-order valence-corrected chi connectivity index (χ1v) is 8.99. The first-order chi connectivity index (χ1) is 11.7. The zero-order chi connectivity index (χ0) is 16.9. The summed E-state index contributed by atoms with van der Waals surface area (Å²) in [5.41, 5.74) is 4.19. The summed E-state index contributed by atoms with van der Waals surface area (Å²) in [5.74, 6) is 2.75. The van der Waals surface area contributed by atoms with Crippen LogP contribution in [0.4, 0.5) is 0 Å². The van der Waals surface area contributed by atoms with Crippen LogP contribution in [0.1, 0.15) is 43.2 Å². The van der Waals surface area contributed by atoms with Crippen LogP contribution in [0.15, 0.2) is 72.1 Å². The molecule has 1 aromatic carbocycles. The van der Waals surface area contributed by atoms with Crippen molar-refractivity contribution in [1.82, 2.24) is 0 Å². The molecule has 0 radical (unpaired) electrons. The summed E-state index contributed by atoms with van der Waals surface area (Å²) in [6.45, 7) is 4.35. The van der Waals surface area contributed by atoms with Gasteiger partial charge in [-0.05, 0) is 68.6 Å². The van der Waals surface area contributed by atoms with Gasteiger partial charge in [-0.3, -0.25) is 0 Å². The second-order valence-electron chi connectivity index (χ2n) is 7.13. The summed E-state index contributed by atoms with van der Waals surface area (Å²) in [5, 5.41) is 0. The van der Waals surface area contributed by atoms with E-state index in [-0.39, 0.29) is 0 Å². The van der Waals surface area contributed by atoms with Crippen LogP contribution in [0, 0.1) is 18.8 Å². The second-order valence-corrected chi connectivity index (χ2v) is 7.13. The highest BCUT2D eigenvalue weighted by molar-refractivity contribution is 5.30. The fraction of sp³-hybridized carbons (Fsp3) is 0.391. The molecule has 0 N–H and O–H groups in total. The molecular formula is C23H28O. The van der Waals surface area contributed by atoms with Crippen LogP contribution in [0.25, 0.3) is 0 Å². The molecule has 3 atom stereocenters. The molecule has 0 heterocycles. The molecule has 1 aromatic rings. The number of allylic oxidation sites excluding steroid dienone is 7. The van der Waals surface area contributed by atoms with E-state index in [1.165, 1.54) is 23.1 Å². The smallest absolute Gasteiger partial charge is 0.114 e. The number of aryl methyl sites for hydroxylation is 1. The zero-order valence-electron chi connectivity index (χ0n) is 15.0. The number of ether oxygens (including phenoxy) is 1. The number of rotatable bonds is 5. The lowest BCUT2D eigenvalue weighted by Crippen LogP contribution is -2.16. The number of benzene rings is 1. The highest BCUT2D eigenvalue weighted by atomic mass is 16.5. The monoisotopic (exact) mass is 320 g/mol. The van der Waals surface area contributed by atoms with Gasteiger partial charge in [0.25, 0.3) is 0 Å². The minimum Gasteiger partial charge on any atom is -0.497 e. The van der Waals surface area contributed by atoms with E-state index in [9.17, 15) is 0 Å². The van der Waals surface area contributed by atoms with Crippen molar-refractivity contribution in [3.8, 4) is 0 Å². The van der Waals surface area contributed by atoms with Gasteiger partial charge >= 0.3 is 0 Å². The Kier molecular flexibility index (Phi) is 5.40. The van der Waals surface area contributed by atoms with Gasteiger partial charge in [-0.2, -0.15) is 0 Å². The Balaban J connectivity index is 1.78. The lowest BCUT2D eigenvalue weighted by Gasteiger charge is -2.30. The molecule has 2 aliphatic rings. The number of hydrogen-bond acceptors (Lipinski definition) is 1. The van der Waals surface area contributed by atoms with Crippen LogP contribution in [0.3, 0.4) is 0 Å². The van der Waals surface area contributed by atoms with Crippen molar-refractivity contribution < 1.29 is 4.74 Å². The normalized spacial score (nSPS) is 24.3. The van der Waals surface area contributed by atoms with Crippen molar-refractivity contribution in [2.75, 3.05) is 7.11 Å². The predicted octanol–water partition coefficient (Wildman–Crippen LogP) is 6.10. The number of hydrogen-bond donors (Lipinski definition) is 0. The Bertz CT molecular complexity index is 672. The molecule has 1 heteroatoms. The first-order valence-electron chi connectivity index (χ1n) is 8.99. The van der Waals surface area contributed by atoms with Crippen molar-refractivity contribution in [3.05, 3.63) is 83.2 Å². The quantitative estimate of drug-likeness (QED) is 0.637. The van der Waals surface area contributed by atoms with Crippen molar-refractivity contribution in [3.63, 3.8) is 0 Å². The molecule has 0 aliphatic heterocycles. The van der Waals surface area contributed by atoms with Crippen LogP contribution >= 0.6 is 0 Å². The molecular weight excluding hydrogens is 292 g/mol. The average molecular weight is 320 g/mol. The highest BCUT2D eigenvalue weighted by Crippen LogP contribution is 2.38. The van der Waals surface area contributed by atoms with Crippen LogP contribution in [-0.4, -0.2) is 7.11 Å². The molecule has 1 nitrogen and oxygen atoms in total. The van der Waals surface area contributed by atoms with Gasteiger partial charge in [0, 0.05) is 0 Å². The predicted molar refractivity (Wildman–Crippen MR) is 102 cm³/mol. The van der Waals surface area contributed by atoms with Gasteiger partial charge in [0.15, 0.2) is 0 Å². The Hall–Kier alpha value is -2.02. The SMILES string of the molecule is COC1=CCC(CC(c2ccc(C)cc2)C2C=CC(C)=CC2)C=C1. The maximum atomic E-state index is 5.33. The van der Waals surface area contributed by atoms with E-state index < -0.39 is 0 Å². The molecule has 3 rings (SSSR count). The van der Waals surface area contributed by atoms with Crippen molar-refractivity contribution in [2.45, 2.75) is 39.0 Å². The highest BCUT2D eigenvalue weighted by Gasteiger charge is 2.25. The van der Waals surface area contributed by atoms with Gasteiger partial charge in [0.1, 0.15) is 5.76 Å². The summed E-state index contributed by atoms with van der Waals surface area (Å²) in [7, 11) is 1.74. The topological polar surface area (TPSA) is 9.23 Å². The molecule has 3 unspecified atom stereocenters. The molecule has 0 bridgehead atoms. The van der Waals surface area contributed by atoms with Gasteiger partial charge in [-0.25, -0.2) is 0 Å². The lowest BCUT2D eigenvalue weighted by atomic mass is 9.75. The van der Waals surface area contributed by atoms with E-state index in [0.717, 1.165) is 18.6 Å². The summed E-state index contributed by atoms with van der Waals surface area (Å²) in [6, 6.07) is 9.13. The van der Waals surface area contributed by atoms with Crippen molar-refractivity contribution in [1.29, 1.82) is 0 Å². The summed E-state index contributed by atoms with van der Waals surface area (Å²) in [6.07, 6.45) is 17.2. The maximum Gasteiger partial charge on any atom is 0.114 e. The van der Waals surface area contributed by atoms with Gasteiger partial charge in [0.2, 0.25) is 0 Å². The minimum absolute atomic E-state index is 0.568. The summed E-state index contributed by atoms with van der Waals surface area (Å²) < 4.78 is 5.33. The largest absolute Gasteiger partial charge is 0.497 e. The number of methoxy groups -OCH3 is 1. The standard InChI is InChI=1S/C23H28O/c1-17-4-10-20(11-5-17)23(21-12-6-18(2)7-13-21)16-19-8-14-22(24-3)15-9-19/h4-8,10-12,14-15,19,21,23H,9,13,16H2,1-3H3. The maximum absolute atomic E-state index is 5.33. The first kappa shape index (κ1) is 16.8. The molecule has 0 saturated carbocycles. The lowest BCUT2D eigenvalue weighted by molar-refractivity contribution is 0.299. The minimum atomic E-state index is 0.568. The fourth-order valence-corrected chi connectivity index (χ4v) is 3.71. The Labute approximate surface area is 146 Å². The molecule has 0 amide bonds. The van der Waals surface area contributed by atoms with Crippen LogP contribution in [0.5, 0.6) is 0 Å². The molecule has 2 aliphatic carbocycles. The molecule has 0 spiro atoms. The third-order valence-electron chi connectivity index (χ3n) is 5.29. The fourth-order valence-electron chi connectivity index (χ4n) is 3.71. The van der Waals surface area contributed by atoms with E-state index in [2.05, 4.69) is 74.6 Å². The molecule has 0 fully saturated rings. The molecule has 0 aromatic heterocycles. The Morgan fingerprint density at radius 1 is 1.00 bits per heavy atom. The summed E-state index contributed by atoms with van der Waals surface area (Å²) in [4.78, 5) is 0. The van der Waals surface area contributed by atoms with Crippen molar-refractivity contribution >= 4 is 0 Å². The Morgan fingerprint density at radius 3 is 2.38 bits per heavy atom. The zero-order valence-corrected chi connectivity index (χ0v) is 15.0. The van der Waals surface area contributed by atoms with Gasteiger partial charge in [0.05, 0.1) is 7.11 Å². The van der Waals surface area contributed by atoms with Crippen LogP contribution < -0.4 is 0 Å². The Morgan fingerprint density at radius 2 is 1.79 bits per heavy atom. The third-order valence-corrected chi connectivity index (χ3v) is 5.29. The van der Waals surface area contributed by atoms with Crippen LogP contribution in [-0.2, 0) is 4.74 Å². The third kappa shape index (κ3) is 4.08. The van der Waals surface area contributed by atoms with Crippen molar-refractivity contribution in [2.24, 2.45) is 11.8 Å². The van der Waals surface area contributed by atoms with Gasteiger partial charge in [-0.1, -0.05) is 59.7 Å². The van der Waals surface area contributed by atoms with E-state index in [1.807, 2.05) is 0 Å². The molecule has 0 saturated heterocycles. The van der Waals surface area contributed by atoms with E-state index in [1.54, 1.807) is 7.11 Å². The van der Waals surface area contributed by atoms with Crippen LogP contribution in [0.2, 0.25) is 0 Å². The van der Waals surface area contributed by atoms with E-state index >= 15 is 0 Å². The van der Waals surface area contributed by atoms with E-state index in [0.29, 0.717) is 17.8 Å². The average Bonchev–Trinajstić information content (AvgIpc) is 2.62. The van der Waals surface area contributed by atoms with E-state index in [4.69, 9.17) is 4.74 Å². The second kappa shape index (κ2) is 7.70. The van der Waals surface area contributed by atoms with Gasteiger partial charge in [-0.15, -0.1) is 0 Å². The summed E-state index contributed by atoms with van der Waals surface area (Å²) >= 11 is 0. The van der Waals surface area contributed by atoms with Gasteiger partial charge < -0.3 is 4.74 Å².